The topological polar surface area (TPSA) is 206 Å². The first-order valence-electron chi connectivity index (χ1n) is 23.0. The summed E-state index contributed by atoms with van der Waals surface area (Å²) in [4.78, 5) is 73.8. The second-order valence-electron chi connectivity index (χ2n) is 20.2. The number of aliphatic hydroxyl groups excluding tert-OH is 1. The predicted molar refractivity (Wildman–Crippen MR) is 241 cm³/mol. The monoisotopic (exact) mass is 922 g/mol. The molecule has 2 aliphatic heterocycles. The number of hydrogen-bond donors (Lipinski definition) is 3. The van der Waals surface area contributed by atoms with Gasteiger partial charge in [0.15, 0.2) is 11.7 Å². The Labute approximate surface area is 388 Å². The van der Waals surface area contributed by atoms with E-state index >= 15 is 4.79 Å². The first-order chi connectivity index (χ1) is 31.0. The Balaban J connectivity index is 1.56. The number of nitrogens with zero attached hydrogens (tertiary/aromatic N) is 1. The molecule has 364 valence electrons. The van der Waals surface area contributed by atoms with Crippen LogP contribution in [-0.4, -0.2) is 145 Å². The molecule has 5 aliphatic rings. The third-order valence-electron chi connectivity index (χ3n) is 14.7. The SMILES string of the molecule is C/C=C\C=C(/C)[C@H](NC(=O)OC(C)(C)C)[C@@H](O)C(=O)O[C@H]1C[C@@]2(O)[C@@H](OC(=O)c3ccccc3)[C@@H]3[C@]4(OC(C)=O)CO[C@@H]4C[C@H](OC)[C@@]3(C)C(=O)[C@H](CCN3CCOCC3)C(=C1C)C2(C)C. The van der Waals surface area contributed by atoms with Crippen LogP contribution in [0.5, 0.6) is 0 Å². The lowest BCUT2D eigenvalue weighted by atomic mass is 9.43. The molecule has 2 saturated carbocycles. The maximum Gasteiger partial charge on any atom is 0.408 e. The zero-order valence-electron chi connectivity index (χ0n) is 40.3. The molecule has 0 radical (unpaired) electrons. The number of amides is 1. The highest BCUT2D eigenvalue weighted by Gasteiger charge is 2.78. The highest BCUT2D eigenvalue weighted by Crippen LogP contribution is 2.65. The molecule has 0 aromatic heterocycles. The van der Waals surface area contributed by atoms with Crippen LogP contribution in [0.4, 0.5) is 4.79 Å². The van der Waals surface area contributed by atoms with E-state index in [1.807, 2.05) is 0 Å². The number of rotatable bonds is 13. The molecule has 6 rings (SSSR count). The first kappa shape index (κ1) is 51.0. The Bertz CT molecular complexity index is 2090. The molecule has 3 aliphatic carbocycles. The van der Waals surface area contributed by atoms with Crippen molar-refractivity contribution in [1.29, 1.82) is 0 Å². The molecule has 3 N–H and O–H groups in total. The van der Waals surface area contributed by atoms with Crippen molar-refractivity contribution in [3.63, 3.8) is 0 Å². The molecule has 1 aromatic rings. The van der Waals surface area contributed by atoms with Crippen LogP contribution in [0.3, 0.4) is 0 Å². The minimum Gasteiger partial charge on any atom is -0.456 e. The number of ketones is 1. The van der Waals surface area contributed by atoms with Crippen LogP contribution in [0.2, 0.25) is 0 Å². The van der Waals surface area contributed by atoms with Crippen LogP contribution < -0.4 is 5.32 Å². The summed E-state index contributed by atoms with van der Waals surface area (Å²) in [5.41, 5.74) is -6.07. The molecule has 2 saturated heterocycles. The Morgan fingerprint density at radius 2 is 1.71 bits per heavy atom. The number of benzene rings is 1. The summed E-state index contributed by atoms with van der Waals surface area (Å²) < 4.78 is 42.7. The lowest BCUT2D eigenvalue weighted by molar-refractivity contribution is -0.347. The van der Waals surface area contributed by atoms with E-state index in [1.165, 1.54) is 14.0 Å². The van der Waals surface area contributed by atoms with Gasteiger partial charge in [0.25, 0.3) is 0 Å². The van der Waals surface area contributed by atoms with Gasteiger partial charge in [-0.1, -0.05) is 50.3 Å². The predicted octanol–water partition coefficient (Wildman–Crippen LogP) is 5.04. The van der Waals surface area contributed by atoms with Gasteiger partial charge in [-0.15, -0.1) is 0 Å². The van der Waals surface area contributed by atoms with Gasteiger partial charge in [-0.2, -0.15) is 0 Å². The van der Waals surface area contributed by atoms with Crippen LogP contribution in [0.1, 0.15) is 98.9 Å². The largest absolute Gasteiger partial charge is 0.456 e. The van der Waals surface area contributed by atoms with Crippen LogP contribution in [-0.2, 0) is 47.5 Å². The number of carbonyl (C=O) groups is 5. The molecule has 11 atom stereocenters. The molecule has 16 heteroatoms. The van der Waals surface area contributed by atoms with Crippen LogP contribution in [0.25, 0.3) is 0 Å². The van der Waals surface area contributed by atoms with Crippen LogP contribution in [0, 0.1) is 22.7 Å². The van der Waals surface area contributed by atoms with Crippen LogP contribution in [0.15, 0.2) is 65.3 Å². The van der Waals surface area contributed by atoms with Crippen molar-refractivity contribution in [2.24, 2.45) is 22.7 Å². The van der Waals surface area contributed by atoms with Gasteiger partial charge < -0.3 is 48.7 Å². The number of allylic oxidation sites excluding steroid dienone is 3. The van der Waals surface area contributed by atoms with Crippen molar-refractivity contribution in [1.82, 2.24) is 10.2 Å². The number of Topliss-reactive ketones (excluding diaryl/α,β-unsaturated/α-hetero) is 1. The van der Waals surface area contributed by atoms with Gasteiger partial charge in [0.05, 0.1) is 48.9 Å². The number of morpholine rings is 1. The standard InChI is InChI=1S/C50H70N2O14/c1-12-13-17-29(2)38(51-45(58)66-46(5,6)7)39(54)44(57)63-34-27-50(59)42(64-43(56)32-18-15-14-16-19-32)40-48(10,35(60-11)26-36-49(40,28-62-36)65-31(4)53)41(55)33(37(30(34)3)47(50,8)9)20-21-52-22-24-61-25-23-52/h12-19,33-36,38-40,42,54,59H,20-28H2,1-11H3,(H,51,58)/b13-12-,29-17+/t33-,34+,35+,36-,38+,39-,40+,42+,48-,49+,50-/m1/s1. The Morgan fingerprint density at radius 3 is 2.29 bits per heavy atom. The second-order valence-corrected chi connectivity index (χ2v) is 20.2. The summed E-state index contributed by atoms with van der Waals surface area (Å²) in [5.74, 6) is -5.08. The smallest absolute Gasteiger partial charge is 0.408 e. The van der Waals surface area contributed by atoms with E-state index in [2.05, 4.69) is 10.2 Å². The molecular weight excluding hydrogens is 853 g/mol. The van der Waals surface area contributed by atoms with Crippen molar-refractivity contribution >= 4 is 29.8 Å². The van der Waals surface area contributed by atoms with Gasteiger partial charge in [-0.3, -0.25) is 14.5 Å². The van der Waals surface area contributed by atoms with E-state index < -0.39 is 100 Å². The van der Waals surface area contributed by atoms with E-state index in [0.717, 1.165) is 0 Å². The highest BCUT2D eigenvalue weighted by atomic mass is 16.6. The third kappa shape index (κ3) is 9.51. The lowest BCUT2D eigenvalue weighted by Crippen LogP contribution is -2.81. The van der Waals surface area contributed by atoms with Crippen molar-refractivity contribution in [2.75, 3.05) is 46.6 Å². The molecule has 1 aromatic carbocycles. The fraction of sp³-hybridized carbons (Fsp3) is 0.660. The summed E-state index contributed by atoms with van der Waals surface area (Å²) in [7, 11) is 1.50. The van der Waals surface area contributed by atoms with Crippen molar-refractivity contribution in [3.8, 4) is 0 Å². The quantitative estimate of drug-likeness (QED) is 0.103. The fourth-order valence-electron chi connectivity index (χ4n) is 11.3. The molecule has 0 unspecified atom stereocenters. The molecule has 4 fully saturated rings. The highest BCUT2D eigenvalue weighted by molar-refractivity contribution is 5.93. The zero-order valence-corrected chi connectivity index (χ0v) is 40.3. The maximum atomic E-state index is 16.3. The summed E-state index contributed by atoms with van der Waals surface area (Å²) in [6.45, 7) is 19.4. The summed E-state index contributed by atoms with van der Waals surface area (Å²) in [6.07, 6.45) is -2.30. The van der Waals surface area contributed by atoms with E-state index in [4.69, 9.17) is 33.2 Å². The first-order valence-corrected chi connectivity index (χ1v) is 23.0. The van der Waals surface area contributed by atoms with Crippen LogP contribution >= 0.6 is 0 Å². The molecular formula is C50H70N2O14. The Hall–Kier alpha value is -4.45. The van der Waals surface area contributed by atoms with Crippen molar-refractivity contribution < 1.29 is 67.3 Å². The number of hydrogen-bond acceptors (Lipinski definition) is 15. The number of nitrogens with one attached hydrogen (secondary N) is 1. The molecule has 1 amide bonds. The van der Waals surface area contributed by atoms with Gasteiger partial charge in [0.2, 0.25) is 0 Å². The molecule has 16 nitrogen and oxygen atoms in total. The third-order valence-corrected chi connectivity index (χ3v) is 14.7. The second kappa shape index (κ2) is 19.6. The fourth-order valence-corrected chi connectivity index (χ4v) is 11.3. The van der Waals surface area contributed by atoms with Gasteiger partial charge in [0.1, 0.15) is 35.3 Å². The number of aliphatic hydroxyl groups is 2. The average molecular weight is 923 g/mol. The van der Waals surface area contributed by atoms with Gasteiger partial charge >= 0.3 is 24.0 Å². The number of alkyl carbamates (subject to hydrolysis) is 1. The Kier molecular flexibility index (Phi) is 15.2. The molecule has 2 bridgehead atoms. The number of methoxy groups -OCH3 is 1. The van der Waals surface area contributed by atoms with E-state index in [9.17, 15) is 29.4 Å². The van der Waals surface area contributed by atoms with Gasteiger partial charge in [-0.25, -0.2) is 14.4 Å². The van der Waals surface area contributed by atoms with Crippen molar-refractivity contribution in [3.05, 3.63) is 70.8 Å². The Morgan fingerprint density at radius 1 is 1.05 bits per heavy atom. The minimum absolute atomic E-state index is 0.159. The lowest BCUT2D eigenvalue weighted by Gasteiger charge is -2.68. The maximum absolute atomic E-state index is 16.3. The normalized spacial score (nSPS) is 33.2. The van der Waals surface area contributed by atoms with Gasteiger partial charge in [-0.05, 0) is 90.3 Å². The summed E-state index contributed by atoms with van der Waals surface area (Å²) in [5, 5.41) is 28.5. The number of ether oxygens (including phenoxy) is 7. The number of fused-ring (bicyclic) bond motifs is 5. The summed E-state index contributed by atoms with van der Waals surface area (Å²) >= 11 is 0. The summed E-state index contributed by atoms with van der Waals surface area (Å²) in [6, 6.07) is 6.92. The number of esters is 3. The van der Waals surface area contributed by atoms with Crippen molar-refractivity contribution in [2.45, 2.75) is 142 Å². The van der Waals surface area contributed by atoms with E-state index in [0.29, 0.717) is 49.6 Å². The molecule has 0 spiro atoms. The minimum atomic E-state index is -2.18. The molecule has 66 heavy (non-hydrogen) atoms. The average Bonchev–Trinajstić information content (AvgIpc) is 3.25. The molecule has 2 heterocycles. The van der Waals surface area contributed by atoms with Gasteiger partial charge in [0, 0.05) is 51.3 Å². The zero-order chi connectivity index (χ0) is 48.6. The number of carbonyl (C=O) groups excluding carboxylic acids is 5. The van der Waals surface area contributed by atoms with E-state index in [1.54, 1.807) is 111 Å². The van der Waals surface area contributed by atoms with E-state index in [-0.39, 0.29) is 37.2 Å².